The number of rotatable bonds is 6. The fourth-order valence-electron chi connectivity index (χ4n) is 2.17. The van der Waals surface area contributed by atoms with E-state index in [0.717, 1.165) is 0 Å². The highest BCUT2D eigenvalue weighted by Gasteiger charge is 2.10. The molecule has 0 unspecified atom stereocenters. The molecule has 1 heterocycles. The normalized spacial score (nSPS) is 10.8. The summed E-state index contributed by atoms with van der Waals surface area (Å²) in [5.74, 6) is 0. The molecule has 0 atom stereocenters. The third-order valence-electron chi connectivity index (χ3n) is 3.11. The SMILES string of the molecule is CCCCCCc1sc(C)nc1-c1ccccc1. The largest absolute Gasteiger partial charge is 0.241 e. The van der Waals surface area contributed by atoms with E-state index in [2.05, 4.69) is 44.2 Å². The second kappa shape index (κ2) is 6.69. The minimum Gasteiger partial charge on any atom is -0.241 e. The van der Waals surface area contributed by atoms with Crippen LogP contribution in [0.3, 0.4) is 0 Å². The Morgan fingerprint density at radius 3 is 2.56 bits per heavy atom. The lowest BCUT2D eigenvalue weighted by Crippen LogP contribution is -1.87. The standard InChI is InChI=1S/C16H21NS/c1-3-4-5-9-12-15-16(17-13(2)18-15)14-10-7-6-8-11-14/h6-8,10-11H,3-5,9,12H2,1-2H3. The second-order valence-corrected chi connectivity index (χ2v) is 5.97. The maximum absolute atomic E-state index is 4.70. The third-order valence-corrected chi connectivity index (χ3v) is 4.14. The Kier molecular flexibility index (Phi) is 4.94. The number of hydrogen-bond acceptors (Lipinski definition) is 2. The summed E-state index contributed by atoms with van der Waals surface area (Å²) in [6.07, 6.45) is 6.44. The number of aryl methyl sites for hydroxylation is 2. The van der Waals surface area contributed by atoms with Crippen molar-refractivity contribution in [3.8, 4) is 11.3 Å². The molecule has 1 aromatic carbocycles. The maximum atomic E-state index is 4.70. The number of nitrogens with zero attached hydrogens (tertiary/aromatic N) is 1. The first-order chi connectivity index (χ1) is 8.81. The van der Waals surface area contributed by atoms with Crippen LogP contribution in [0.1, 0.15) is 42.5 Å². The summed E-state index contributed by atoms with van der Waals surface area (Å²) >= 11 is 1.86. The molecular weight excluding hydrogens is 238 g/mol. The average molecular weight is 259 g/mol. The van der Waals surface area contributed by atoms with Gasteiger partial charge in [0.25, 0.3) is 0 Å². The van der Waals surface area contributed by atoms with Gasteiger partial charge in [-0.25, -0.2) is 4.98 Å². The van der Waals surface area contributed by atoms with Crippen molar-refractivity contribution in [2.45, 2.75) is 46.0 Å². The number of thiazole rings is 1. The average Bonchev–Trinajstić information content (AvgIpc) is 2.77. The molecule has 0 saturated carbocycles. The van der Waals surface area contributed by atoms with Crippen LogP contribution in [0.25, 0.3) is 11.3 Å². The lowest BCUT2D eigenvalue weighted by Gasteiger charge is -2.02. The van der Waals surface area contributed by atoms with Crippen LogP contribution in [0.5, 0.6) is 0 Å². The van der Waals surface area contributed by atoms with Crippen molar-refractivity contribution in [3.63, 3.8) is 0 Å². The molecule has 2 aromatic rings. The summed E-state index contributed by atoms with van der Waals surface area (Å²) < 4.78 is 0. The molecule has 0 aliphatic rings. The van der Waals surface area contributed by atoms with Gasteiger partial charge in [-0.2, -0.15) is 0 Å². The summed E-state index contributed by atoms with van der Waals surface area (Å²) in [5, 5.41) is 1.18. The van der Waals surface area contributed by atoms with E-state index in [1.54, 1.807) is 0 Å². The molecule has 0 amide bonds. The third kappa shape index (κ3) is 3.42. The van der Waals surface area contributed by atoms with Gasteiger partial charge in [-0.15, -0.1) is 11.3 Å². The summed E-state index contributed by atoms with van der Waals surface area (Å²) in [7, 11) is 0. The van der Waals surface area contributed by atoms with Gasteiger partial charge in [-0.3, -0.25) is 0 Å². The molecule has 18 heavy (non-hydrogen) atoms. The fraction of sp³-hybridized carbons (Fsp3) is 0.438. The molecule has 0 radical (unpaired) electrons. The highest BCUT2D eigenvalue weighted by Crippen LogP contribution is 2.29. The molecule has 1 nitrogen and oxygen atoms in total. The fourth-order valence-corrected chi connectivity index (χ4v) is 3.17. The zero-order chi connectivity index (χ0) is 12.8. The zero-order valence-corrected chi connectivity index (χ0v) is 12.1. The summed E-state index contributed by atoms with van der Waals surface area (Å²) in [6.45, 7) is 4.36. The smallest absolute Gasteiger partial charge is 0.0904 e. The molecule has 0 N–H and O–H groups in total. The van der Waals surface area contributed by atoms with Crippen molar-refractivity contribution in [1.82, 2.24) is 4.98 Å². The minimum atomic E-state index is 1.18. The summed E-state index contributed by atoms with van der Waals surface area (Å²) in [6, 6.07) is 10.5. The highest BCUT2D eigenvalue weighted by molar-refractivity contribution is 7.12. The van der Waals surface area contributed by atoms with E-state index in [0.29, 0.717) is 0 Å². The van der Waals surface area contributed by atoms with Crippen LogP contribution >= 0.6 is 11.3 Å². The van der Waals surface area contributed by atoms with Gasteiger partial charge < -0.3 is 0 Å². The van der Waals surface area contributed by atoms with E-state index in [-0.39, 0.29) is 0 Å². The van der Waals surface area contributed by atoms with Gasteiger partial charge in [0.1, 0.15) is 0 Å². The van der Waals surface area contributed by atoms with Gasteiger partial charge in [-0.05, 0) is 19.8 Å². The van der Waals surface area contributed by atoms with Crippen LogP contribution in [0.2, 0.25) is 0 Å². The van der Waals surface area contributed by atoms with Gasteiger partial charge in [-0.1, -0.05) is 56.5 Å². The van der Waals surface area contributed by atoms with E-state index in [9.17, 15) is 0 Å². The molecule has 0 aliphatic heterocycles. The lowest BCUT2D eigenvalue weighted by molar-refractivity contribution is 0.670. The van der Waals surface area contributed by atoms with Crippen molar-refractivity contribution in [2.24, 2.45) is 0 Å². The minimum absolute atomic E-state index is 1.18. The zero-order valence-electron chi connectivity index (χ0n) is 11.3. The molecular formula is C16H21NS. The molecule has 0 bridgehead atoms. The van der Waals surface area contributed by atoms with Crippen molar-refractivity contribution in [2.75, 3.05) is 0 Å². The number of hydrogen-bond donors (Lipinski definition) is 0. The van der Waals surface area contributed by atoms with Crippen LogP contribution in [0.15, 0.2) is 30.3 Å². The van der Waals surface area contributed by atoms with E-state index < -0.39 is 0 Å². The van der Waals surface area contributed by atoms with Crippen LogP contribution in [-0.4, -0.2) is 4.98 Å². The van der Waals surface area contributed by atoms with Crippen LogP contribution in [0, 0.1) is 6.92 Å². The Hall–Kier alpha value is -1.15. The monoisotopic (exact) mass is 259 g/mol. The van der Waals surface area contributed by atoms with Crippen LogP contribution in [-0.2, 0) is 6.42 Å². The molecule has 0 aliphatic carbocycles. The number of unbranched alkanes of at least 4 members (excludes halogenated alkanes) is 3. The van der Waals surface area contributed by atoms with E-state index in [4.69, 9.17) is 4.98 Å². The van der Waals surface area contributed by atoms with Gasteiger partial charge >= 0.3 is 0 Å². The molecule has 1 aromatic heterocycles. The maximum Gasteiger partial charge on any atom is 0.0904 e. The van der Waals surface area contributed by atoms with E-state index in [1.807, 2.05) is 11.3 Å². The van der Waals surface area contributed by atoms with Crippen molar-refractivity contribution in [3.05, 3.63) is 40.2 Å². The van der Waals surface area contributed by atoms with Crippen LogP contribution < -0.4 is 0 Å². The molecule has 2 rings (SSSR count). The predicted octanol–water partition coefficient (Wildman–Crippen LogP) is 5.24. The van der Waals surface area contributed by atoms with Crippen molar-refractivity contribution >= 4 is 11.3 Å². The second-order valence-electron chi connectivity index (χ2n) is 4.68. The van der Waals surface area contributed by atoms with E-state index >= 15 is 0 Å². The predicted molar refractivity (Wildman–Crippen MR) is 80.1 cm³/mol. The van der Waals surface area contributed by atoms with Crippen molar-refractivity contribution in [1.29, 1.82) is 0 Å². The first-order valence-corrected chi connectivity index (χ1v) is 7.64. The summed E-state index contributed by atoms with van der Waals surface area (Å²) in [4.78, 5) is 6.15. The Balaban J connectivity index is 2.11. The molecule has 0 saturated heterocycles. The Morgan fingerprint density at radius 1 is 1.06 bits per heavy atom. The van der Waals surface area contributed by atoms with Gasteiger partial charge in [0.2, 0.25) is 0 Å². The molecule has 2 heteroatoms. The van der Waals surface area contributed by atoms with Gasteiger partial charge in [0, 0.05) is 10.4 Å². The Morgan fingerprint density at radius 2 is 1.83 bits per heavy atom. The molecule has 0 fully saturated rings. The van der Waals surface area contributed by atoms with Gasteiger partial charge in [0.15, 0.2) is 0 Å². The lowest BCUT2D eigenvalue weighted by atomic mass is 10.1. The number of aromatic nitrogens is 1. The first kappa shape index (κ1) is 13.3. The van der Waals surface area contributed by atoms with E-state index in [1.165, 1.54) is 53.2 Å². The Bertz CT molecular complexity index is 473. The quantitative estimate of drug-likeness (QED) is 0.646. The van der Waals surface area contributed by atoms with Crippen LogP contribution in [0.4, 0.5) is 0 Å². The molecule has 96 valence electrons. The highest BCUT2D eigenvalue weighted by atomic mass is 32.1. The summed E-state index contributed by atoms with van der Waals surface area (Å²) in [5.41, 5.74) is 2.46. The van der Waals surface area contributed by atoms with Gasteiger partial charge in [0.05, 0.1) is 10.7 Å². The number of benzene rings is 1. The molecule has 0 spiro atoms. The topological polar surface area (TPSA) is 12.9 Å². The Labute approximate surface area is 114 Å². The first-order valence-electron chi connectivity index (χ1n) is 6.83. The van der Waals surface area contributed by atoms with Crippen molar-refractivity contribution < 1.29 is 0 Å².